The molecule has 0 bridgehead atoms. The van der Waals surface area contributed by atoms with Gasteiger partial charge in [0.2, 0.25) is 0 Å². The normalized spacial score (nSPS) is 15.9. The molecule has 1 aliphatic heterocycles. The van der Waals surface area contributed by atoms with Crippen molar-refractivity contribution >= 4 is 16.7 Å². The van der Waals surface area contributed by atoms with E-state index in [2.05, 4.69) is 13.8 Å². The van der Waals surface area contributed by atoms with Crippen LogP contribution in [0.5, 0.6) is 5.75 Å². The van der Waals surface area contributed by atoms with Gasteiger partial charge in [0.25, 0.3) is 5.91 Å². The van der Waals surface area contributed by atoms with Crippen molar-refractivity contribution in [2.45, 2.75) is 33.6 Å². The lowest BCUT2D eigenvalue weighted by atomic mass is 9.86. The molecule has 2 aromatic carbocycles. The van der Waals surface area contributed by atoms with E-state index in [9.17, 15) is 4.79 Å². The third-order valence-electron chi connectivity index (χ3n) is 5.16. The first-order valence-corrected chi connectivity index (χ1v) is 9.05. The van der Waals surface area contributed by atoms with Gasteiger partial charge in [0.15, 0.2) is 0 Å². The smallest absolute Gasteiger partial charge is 0.254 e. The van der Waals surface area contributed by atoms with Gasteiger partial charge < -0.3 is 9.64 Å². The number of fused-ring (bicyclic) bond motifs is 1. The van der Waals surface area contributed by atoms with Crippen molar-refractivity contribution in [1.29, 1.82) is 0 Å². The Kier molecular flexibility index (Phi) is 5.08. The summed E-state index contributed by atoms with van der Waals surface area (Å²) in [5.41, 5.74) is 0.804. The van der Waals surface area contributed by atoms with E-state index >= 15 is 0 Å². The summed E-state index contributed by atoms with van der Waals surface area (Å²) in [4.78, 5) is 15.0. The lowest BCUT2D eigenvalue weighted by Gasteiger charge is -2.34. The monoisotopic (exact) mass is 325 g/mol. The molecule has 0 radical (unpaired) electrons. The van der Waals surface area contributed by atoms with E-state index in [0.717, 1.165) is 53.9 Å². The van der Waals surface area contributed by atoms with Crippen molar-refractivity contribution in [3.05, 3.63) is 42.0 Å². The van der Waals surface area contributed by atoms with E-state index in [-0.39, 0.29) is 5.91 Å². The number of likely N-dealkylation sites (tertiary alicyclic amines) is 1. The topological polar surface area (TPSA) is 29.5 Å². The minimum absolute atomic E-state index is 0.159. The second kappa shape index (κ2) is 7.25. The molecule has 1 saturated heterocycles. The van der Waals surface area contributed by atoms with Crippen molar-refractivity contribution in [3.8, 4) is 5.75 Å². The number of piperidine rings is 1. The maximum atomic E-state index is 13.0. The highest BCUT2D eigenvalue weighted by atomic mass is 16.5. The zero-order valence-corrected chi connectivity index (χ0v) is 14.9. The van der Waals surface area contributed by atoms with Crippen molar-refractivity contribution < 1.29 is 9.53 Å². The summed E-state index contributed by atoms with van der Waals surface area (Å²) in [6, 6.07) is 11.9. The third kappa shape index (κ3) is 3.40. The zero-order chi connectivity index (χ0) is 17.1. The molecular formula is C21H27NO2. The fourth-order valence-corrected chi connectivity index (χ4v) is 3.64. The molecule has 3 heteroatoms. The van der Waals surface area contributed by atoms with Crippen molar-refractivity contribution in [3.63, 3.8) is 0 Å². The number of carbonyl (C=O) groups excluding carboxylic acids is 1. The highest BCUT2D eigenvalue weighted by Crippen LogP contribution is 2.28. The van der Waals surface area contributed by atoms with Crippen LogP contribution < -0.4 is 4.74 Å². The molecule has 2 aromatic rings. The molecule has 3 rings (SSSR count). The number of benzene rings is 2. The quantitative estimate of drug-likeness (QED) is 0.812. The SMILES string of the molecule is CCOc1ccc2c(C(=O)N3CCC(C(C)C)CC3)cccc2c1. The average molecular weight is 325 g/mol. The molecule has 0 aliphatic carbocycles. The Morgan fingerprint density at radius 3 is 2.62 bits per heavy atom. The van der Waals surface area contributed by atoms with Crippen LogP contribution >= 0.6 is 0 Å². The minimum atomic E-state index is 0.159. The number of hydrogen-bond donors (Lipinski definition) is 0. The van der Waals surface area contributed by atoms with Crippen LogP contribution in [0.15, 0.2) is 36.4 Å². The molecule has 0 saturated carbocycles. The van der Waals surface area contributed by atoms with E-state index in [1.807, 2.05) is 48.2 Å². The zero-order valence-electron chi connectivity index (χ0n) is 14.9. The molecule has 0 atom stereocenters. The van der Waals surface area contributed by atoms with Crippen LogP contribution in [-0.4, -0.2) is 30.5 Å². The Balaban J connectivity index is 1.82. The molecule has 0 N–H and O–H groups in total. The van der Waals surface area contributed by atoms with Crippen molar-refractivity contribution in [1.82, 2.24) is 4.90 Å². The van der Waals surface area contributed by atoms with Gasteiger partial charge >= 0.3 is 0 Å². The second-order valence-electron chi connectivity index (χ2n) is 7.00. The lowest BCUT2D eigenvalue weighted by molar-refractivity contribution is 0.0669. The van der Waals surface area contributed by atoms with Gasteiger partial charge in [-0.2, -0.15) is 0 Å². The maximum Gasteiger partial charge on any atom is 0.254 e. The van der Waals surface area contributed by atoms with Crippen LogP contribution in [0.4, 0.5) is 0 Å². The standard InChI is InChI=1S/C21H27NO2/c1-4-24-18-8-9-19-17(14-18)6-5-7-20(19)21(23)22-12-10-16(11-13-22)15(2)3/h5-9,14-16H,4,10-13H2,1-3H3. The van der Waals surface area contributed by atoms with Crippen LogP contribution in [0.25, 0.3) is 10.8 Å². The van der Waals surface area contributed by atoms with Crippen molar-refractivity contribution in [2.75, 3.05) is 19.7 Å². The Labute approximate surface area is 144 Å². The molecular weight excluding hydrogens is 298 g/mol. The molecule has 0 unspecified atom stereocenters. The molecule has 1 aliphatic rings. The summed E-state index contributed by atoms with van der Waals surface area (Å²) in [6.07, 6.45) is 2.23. The van der Waals surface area contributed by atoms with Gasteiger partial charge in [-0.05, 0) is 66.6 Å². The van der Waals surface area contributed by atoms with Crippen LogP contribution in [0.2, 0.25) is 0 Å². The highest BCUT2D eigenvalue weighted by Gasteiger charge is 2.25. The van der Waals surface area contributed by atoms with Crippen LogP contribution in [0, 0.1) is 11.8 Å². The third-order valence-corrected chi connectivity index (χ3v) is 5.16. The minimum Gasteiger partial charge on any atom is -0.494 e. The van der Waals surface area contributed by atoms with Gasteiger partial charge in [0.05, 0.1) is 6.61 Å². The first kappa shape index (κ1) is 16.8. The summed E-state index contributed by atoms with van der Waals surface area (Å²) in [5, 5.41) is 2.07. The Morgan fingerprint density at radius 2 is 1.96 bits per heavy atom. The molecule has 0 aromatic heterocycles. The fourth-order valence-electron chi connectivity index (χ4n) is 3.64. The predicted molar refractivity (Wildman–Crippen MR) is 98.6 cm³/mol. The summed E-state index contributed by atoms with van der Waals surface area (Å²) in [5.74, 6) is 2.46. The number of hydrogen-bond acceptors (Lipinski definition) is 2. The molecule has 24 heavy (non-hydrogen) atoms. The Bertz CT molecular complexity index is 715. The predicted octanol–water partition coefficient (Wildman–Crippen LogP) is 4.75. The van der Waals surface area contributed by atoms with E-state index in [0.29, 0.717) is 12.5 Å². The fraction of sp³-hybridized carbons (Fsp3) is 0.476. The Hall–Kier alpha value is -2.03. The highest BCUT2D eigenvalue weighted by molar-refractivity contribution is 6.07. The Morgan fingerprint density at radius 1 is 1.21 bits per heavy atom. The van der Waals surface area contributed by atoms with Gasteiger partial charge in [-0.1, -0.05) is 26.0 Å². The van der Waals surface area contributed by atoms with Gasteiger partial charge in [-0.3, -0.25) is 4.79 Å². The summed E-state index contributed by atoms with van der Waals surface area (Å²) >= 11 is 0. The summed E-state index contributed by atoms with van der Waals surface area (Å²) in [7, 11) is 0. The first-order chi connectivity index (χ1) is 11.6. The molecule has 1 fully saturated rings. The summed E-state index contributed by atoms with van der Waals surface area (Å²) in [6.45, 7) is 8.93. The largest absolute Gasteiger partial charge is 0.494 e. The van der Waals surface area contributed by atoms with Crippen LogP contribution in [0.3, 0.4) is 0 Å². The van der Waals surface area contributed by atoms with E-state index < -0.39 is 0 Å². The summed E-state index contributed by atoms with van der Waals surface area (Å²) < 4.78 is 5.57. The van der Waals surface area contributed by atoms with Gasteiger partial charge in [-0.15, -0.1) is 0 Å². The molecule has 1 heterocycles. The van der Waals surface area contributed by atoms with Gasteiger partial charge in [-0.25, -0.2) is 0 Å². The molecule has 0 spiro atoms. The van der Waals surface area contributed by atoms with Gasteiger partial charge in [0.1, 0.15) is 5.75 Å². The molecule has 3 nitrogen and oxygen atoms in total. The lowest BCUT2D eigenvalue weighted by Crippen LogP contribution is -2.39. The maximum absolute atomic E-state index is 13.0. The number of nitrogens with zero attached hydrogens (tertiary/aromatic N) is 1. The molecule has 1 amide bonds. The van der Waals surface area contributed by atoms with E-state index in [1.54, 1.807) is 0 Å². The number of amides is 1. The van der Waals surface area contributed by atoms with E-state index in [1.165, 1.54) is 0 Å². The number of rotatable bonds is 4. The number of ether oxygens (including phenoxy) is 1. The average Bonchev–Trinajstić information content (AvgIpc) is 2.61. The van der Waals surface area contributed by atoms with Crippen molar-refractivity contribution in [2.24, 2.45) is 11.8 Å². The molecule has 128 valence electrons. The van der Waals surface area contributed by atoms with Crippen LogP contribution in [0.1, 0.15) is 44.0 Å². The first-order valence-electron chi connectivity index (χ1n) is 9.05. The van der Waals surface area contributed by atoms with Gasteiger partial charge in [0, 0.05) is 18.7 Å². The van der Waals surface area contributed by atoms with Crippen LogP contribution in [-0.2, 0) is 0 Å². The second-order valence-corrected chi connectivity index (χ2v) is 7.00. The van der Waals surface area contributed by atoms with E-state index in [4.69, 9.17) is 4.74 Å². The number of carbonyl (C=O) groups is 1.